The summed E-state index contributed by atoms with van der Waals surface area (Å²) in [6, 6.07) is 0. The van der Waals surface area contributed by atoms with Gasteiger partial charge in [-0.3, -0.25) is 9.78 Å². The highest BCUT2D eigenvalue weighted by molar-refractivity contribution is 9.10. The molecule has 1 aromatic rings. The van der Waals surface area contributed by atoms with E-state index in [1.807, 2.05) is 0 Å². The zero-order valence-electron chi connectivity index (χ0n) is 7.88. The molecule has 0 amide bonds. The first kappa shape index (κ1) is 13.5. The van der Waals surface area contributed by atoms with Gasteiger partial charge in [-0.25, -0.2) is 8.78 Å². The smallest absolute Gasteiger partial charge is 0.307 e. The second-order valence-electron chi connectivity index (χ2n) is 2.96. The number of aliphatic carboxylic acids is 1. The second kappa shape index (κ2) is 5.67. The predicted octanol–water partition coefficient (Wildman–Crippen LogP) is 3.30. The standard InChI is InChI=1S/C9H7Br2F2NO2/c10-2-5-8(11)7(9(12)13)4(3-14-5)1-6(15)16/h3,9H,1-2H2,(H,15,16). The molecular weight excluding hydrogens is 352 g/mol. The number of rotatable bonds is 4. The molecule has 1 heterocycles. The average Bonchev–Trinajstić information content (AvgIpc) is 2.16. The first-order chi connectivity index (χ1) is 7.47. The van der Waals surface area contributed by atoms with Crippen LogP contribution in [0.15, 0.2) is 10.7 Å². The number of pyridine rings is 1. The van der Waals surface area contributed by atoms with E-state index in [1.54, 1.807) is 0 Å². The van der Waals surface area contributed by atoms with E-state index >= 15 is 0 Å². The fourth-order valence-electron chi connectivity index (χ4n) is 1.21. The van der Waals surface area contributed by atoms with Crippen molar-refractivity contribution >= 4 is 37.8 Å². The van der Waals surface area contributed by atoms with Crippen molar-refractivity contribution in [3.63, 3.8) is 0 Å². The van der Waals surface area contributed by atoms with Gasteiger partial charge in [0.15, 0.2) is 0 Å². The van der Waals surface area contributed by atoms with Crippen molar-refractivity contribution in [1.29, 1.82) is 0 Å². The molecule has 0 atom stereocenters. The van der Waals surface area contributed by atoms with Crippen molar-refractivity contribution in [2.75, 3.05) is 0 Å². The number of hydrogen-bond donors (Lipinski definition) is 1. The van der Waals surface area contributed by atoms with Crippen molar-refractivity contribution in [2.45, 2.75) is 18.2 Å². The summed E-state index contributed by atoms with van der Waals surface area (Å²) in [5.41, 5.74) is 0.148. The highest BCUT2D eigenvalue weighted by Crippen LogP contribution is 2.33. The van der Waals surface area contributed by atoms with Crippen LogP contribution in [0.25, 0.3) is 0 Å². The Labute approximate surface area is 107 Å². The second-order valence-corrected chi connectivity index (χ2v) is 4.32. The minimum absolute atomic E-state index is 0.0269. The Kier molecular flexibility index (Phi) is 4.79. The number of hydrogen-bond acceptors (Lipinski definition) is 2. The molecule has 0 radical (unpaired) electrons. The monoisotopic (exact) mass is 357 g/mol. The van der Waals surface area contributed by atoms with Gasteiger partial charge in [0.1, 0.15) is 0 Å². The molecule has 1 N–H and O–H groups in total. The molecule has 1 rings (SSSR count). The van der Waals surface area contributed by atoms with E-state index in [0.717, 1.165) is 0 Å². The van der Waals surface area contributed by atoms with Gasteiger partial charge in [0.05, 0.1) is 12.1 Å². The molecule has 0 saturated carbocycles. The van der Waals surface area contributed by atoms with Gasteiger partial charge in [0.2, 0.25) is 0 Å². The lowest BCUT2D eigenvalue weighted by Gasteiger charge is -2.11. The van der Waals surface area contributed by atoms with Crippen LogP contribution in [0.2, 0.25) is 0 Å². The predicted molar refractivity (Wildman–Crippen MR) is 60.9 cm³/mol. The first-order valence-corrected chi connectivity index (χ1v) is 6.10. The number of carboxylic acid groups (broad SMARTS) is 1. The number of nitrogens with zero attached hydrogens (tertiary/aromatic N) is 1. The molecular formula is C9H7Br2F2NO2. The highest BCUT2D eigenvalue weighted by atomic mass is 79.9. The zero-order valence-corrected chi connectivity index (χ0v) is 11.1. The molecule has 0 unspecified atom stereocenters. The van der Waals surface area contributed by atoms with E-state index in [0.29, 0.717) is 11.0 Å². The van der Waals surface area contributed by atoms with Crippen molar-refractivity contribution in [3.8, 4) is 0 Å². The SMILES string of the molecule is O=C(O)Cc1cnc(CBr)c(Br)c1C(F)F. The third-order valence-electron chi connectivity index (χ3n) is 1.90. The molecule has 88 valence electrons. The molecule has 0 aromatic carbocycles. The van der Waals surface area contributed by atoms with Crippen LogP contribution in [0.3, 0.4) is 0 Å². The summed E-state index contributed by atoms with van der Waals surface area (Å²) in [6.45, 7) is 0. The Hall–Kier alpha value is -0.560. The van der Waals surface area contributed by atoms with Crippen LogP contribution in [0.4, 0.5) is 8.78 Å². The van der Waals surface area contributed by atoms with Crippen LogP contribution in [0.1, 0.15) is 23.2 Å². The number of carbonyl (C=O) groups is 1. The lowest BCUT2D eigenvalue weighted by atomic mass is 10.1. The van der Waals surface area contributed by atoms with Crippen molar-refractivity contribution in [3.05, 3.63) is 27.5 Å². The Morgan fingerprint density at radius 2 is 2.19 bits per heavy atom. The average molecular weight is 359 g/mol. The number of carboxylic acids is 1. The van der Waals surface area contributed by atoms with Crippen LogP contribution in [0.5, 0.6) is 0 Å². The van der Waals surface area contributed by atoms with Gasteiger partial charge in [-0.1, -0.05) is 15.9 Å². The van der Waals surface area contributed by atoms with E-state index in [2.05, 4.69) is 36.8 Å². The van der Waals surface area contributed by atoms with Crippen LogP contribution >= 0.6 is 31.9 Å². The van der Waals surface area contributed by atoms with E-state index in [-0.39, 0.29) is 15.6 Å². The number of alkyl halides is 3. The lowest BCUT2D eigenvalue weighted by molar-refractivity contribution is -0.136. The molecule has 3 nitrogen and oxygen atoms in total. The van der Waals surface area contributed by atoms with E-state index in [1.165, 1.54) is 6.20 Å². The number of halogens is 4. The molecule has 0 saturated heterocycles. The quantitative estimate of drug-likeness (QED) is 0.840. The van der Waals surface area contributed by atoms with E-state index < -0.39 is 18.8 Å². The van der Waals surface area contributed by atoms with Gasteiger partial charge < -0.3 is 5.11 Å². The van der Waals surface area contributed by atoms with Gasteiger partial charge >= 0.3 is 5.97 Å². The molecule has 7 heteroatoms. The zero-order chi connectivity index (χ0) is 12.3. The summed E-state index contributed by atoms with van der Waals surface area (Å²) in [5, 5.41) is 8.91. The molecule has 0 aliphatic heterocycles. The number of aromatic nitrogens is 1. The van der Waals surface area contributed by atoms with Crippen molar-refractivity contribution in [2.24, 2.45) is 0 Å². The molecule has 0 spiro atoms. The lowest BCUT2D eigenvalue weighted by Crippen LogP contribution is -2.07. The van der Waals surface area contributed by atoms with Crippen LogP contribution in [-0.2, 0) is 16.5 Å². The maximum atomic E-state index is 12.8. The fourth-order valence-corrected chi connectivity index (χ4v) is 2.68. The Balaban J connectivity index is 3.28. The van der Waals surface area contributed by atoms with Crippen LogP contribution in [-0.4, -0.2) is 16.1 Å². The van der Waals surface area contributed by atoms with Crippen LogP contribution < -0.4 is 0 Å². The van der Waals surface area contributed by atoms with Crippen LogP contribution in [0, 0.1) is 0 Å². The van der Waals surface area contributed by atoms with Gasteiger partial charge in [0, 0.05) is 21.6 Å². The topological polar surface area (TPSA) is 50.2 Å². The Morgan fingerprint density at radius 1 is 1.56 bits per heavy atom. The molecule has 16 heavy (non-hydrogen) atoms. The maximum absolute atomic E-state index is 12.8. The van der Waals surface area contributed by atoms with Crippen molar-refractivity contribution in [1.82, 2.24) is 4.98 Å². The van der Waals surface area contributed by atoms with E-state index in [9.17, 15) is 13.6 Å². The molecule has 0 aliphatic rings. The van der Waals surface area contributed by atoms with E-state index in [4.69, 9.17) is 5.11 Å². The maximum Gasteiger partial charge on any atom is 0.307 e. The Bertz CT molecular complexity index is 413. The van der Waals surface area contributed by atoms with Gasteiger partial charge in [-0.05, 0) is 21.5 Å². The third kappa shape index (κ3) is 2.98. The van der Waals surface area contributed by atoms with Gasteiger partial charge in [0.25, 0.3) is 6.43 Å². The molecule has 0 aliphatic carbocycles. The van der Waals surface area contributed by atoms with Crippen molar-refractivity contribution < 1.29 is 18.7 Å². The fraction of sp³-hybridized carbons (Fsp3) is 0.333. The largest absolute Gasteiger partial charge is 0.481 e. The summed E-state index contributed by atoms with van der Waals surface area (Å²) >= 11 is 6.13. The third-order valence-corrected chi connectivity index (χ3v) is 3.31. The summed E-state index contributed by atoms with van der Waals surface area (Å²) in [5.74, 6) is -1.16. The summed E-state index contributed by atoms with van der Waals surface area (Å²) in [6.07, 6.45) is -2.02. The minimum atomic E-state index is -2.73. The molecule has 1 aromatic heterocycles. The normalized spacial score (nSPS) is 10.8. The summed E-state index contributed by atoms with van der Waals surface area (Å²) in [7, 11) is 0. The van der Waals surface area contributed by atoms with Gasteiger partial charge in [-0.15, -0.1) is 0 Å². The van der Waals surface area contributed by atoms with Gasteiger partial charge in [-0.2, -0.15) is 0 Å². The Morgan fingerprint density at radius 3 is 2.62 bits per heavy atom. The minimum Gasteiger partial charge on any atom is -0.481 e. The highest BCUT2D eigenvalue weighted by Gasteiger charge is 2.21. The summed E-state index contributed by atoms with van der Waals surface area (Å²) in [4.78, 5) is 14.4. The molecule has 0 fully saturated rings. The first-order valence-electron chi connectivity index (χ1n) is 4.19. The molecule has 0 bridgehead atoms. The summed E-state index contributed by atoms with van der Waals surface area (Å²) < 4.78 is 25.7.